The van der Waals surface area contributed by atoms with Crippen LogP contribution in [-0.4, -0.2) is 4.57 Å². The number of hydrogen-bond donors (Lipinski definition) is 0. The Kier molecular flexibility index (Phi) is 9.01. The standard InChI is InChI=1S/C14H18BI/c1-5-9-12-14(11-7-3)15(16)13(8-4)10-6-2/h5-12H,1,3H2,2,4H3/b10-6-,12-9-,13-8+,14-11+. The number of allylic oxidation sites excluding steroid dienone is 10. The molecule has 0 aliphatic rings. The Labute approximate surface area is 113 Å². The Hall–Kier alpha value is -0.765. The highest BCUT2D eigenvalue weighted by atomic mass is 127. The molecule has 0 saturated carbocycles. The summed E-state index contributed by atoms with van der Waals surface area (Å²) in [4.78, 5) is 0. The highest BCUT2D eigenvalue weighted by Gasteiger charge is 2.15. The average Bonchev–Trinajstić information content (AvgIpc) is 2.30. The van der Waals surface area contributed by atoms with E-state index >= 15 is 0 Å². The van der Waals surface area contributed by atoms with E-state index in [0.717, 1.165) is 0 Å². The molecule has 0 unspecified atom stereocenters. The third kappa shape index (κ3) is 5.35. The van der Waals surface area contributed by atoms with Crippen molar-refractivity contribution in [2.45, 2.75) is 13.8 Å². The van der Waals surface area contributed by atoms with Gasteiger partial charge in [0.05, 0.1) is 0 Å². The van der Waals surface area contributed by atoms with E-state index < -0.39 is 0 Å². The van der Waals surface area contributed by atoms with Gasteiger partial charge in [0.25, 0.3) is 4.57 Å². The summed E-state index contributed by atoms with van der Waals surface area (Å²) in [6.07, 6.45) is 16.0. The summed E-state index contributed by atoms with van der Waals surface area (Å²) in [7, 11) is 0. The second-order valence-electron chi connectivity index (χ2n) is 3.15. The van der Waals surface area contributed by atoms with Crippen molar-refractivity contribution in [3.05, 3.63) is 72.7 Å². The fourth-order valence-electron chi connectivity index (χ4n) is 1.25. The van der Waals surface area contributed by atoms with Crippen LogP contribution in [-0.2, 0) is 0 Å². The Morgan fingerprint density at radius 2 is 1.75 bits per heavy atom. The third-order valence-corrected chi connectivity index (χ3v) is 3.45. The Bertz CT molecular complexity index is 346. The largest absolute Gasteiger partial charge is 0.282 e. The fourth-order valence-corrected chi connectivity index (χ4v) is 2.23. The highest BCUT2D eigenvalue weighted by Crippen LogP contribution is 2.19. The van der Waals surface area contributed by atoms with Crippen LogP contribution in [0.25, 0.3) is 0 Å². The van der Waals surface area contributed by atoms with Crippen molar-refractivity contribution in [2.75, 3.05) is 0 Å². The van der Waals surface area contributed by atoms with Gasteiger partial charge in [0.2, 0.25) is 0 Å². The first-order chi connectivity index (χ1) is 7.71. The monoisotopic (exact) mass is 324 g/mol. The van der Waals surface area contributed by atoms with Gasteiger partial charge in [-0.15, -0.1) is 22.4 Å². The summed E-state index contributed by atoms with van der Waals surface area (Å²) in [5, 5.41) is 0. The molecule has 0 bridgehead atoms. The molecule has 0 spiro atoms. The van der Waals surface area contributed by atoms with E-state index in [2.05, 4.69) is 66.8 Å². The van der Waals surface area contributed by atoms with E-state index in [-0.39, 0.29) is 0 Å². The molecule has 0 heterocycles. The molecule has 0 fully saturated rings. The van der Waals surface area contributed by atoms with Gasteiger partial charge in [-0.1, -0.05) is 72.7 Å². The lowest BCUT2D eigenvalue weighted by molar-refractivity contribution is 1.63. The zero-order chi connectivity index (χ0) is 12.4. The molecule has 0 rings (SSSR count). The van der Waals surface area contributed by atoms with Crippen LogP contribution in [0.2, 0.25) is 0 Å². The molecule has 0 aromatic rings. The quantitative estimate of drug-likeness (QED) is 0.372. The number of hydrogen-bond acceptors (Lipinski definition) is 0. The van der Waals surface area contributed by atoms with Gasteiger partial charge in [0.15, 0.2) is 0 Å². The van der Waals surface area contributed by atoms with Crippen molar-refractivity contribution in [1.29, 1.82) is 0 Å². The van der Waals surface area contributed by atoms with Crippen molar-refractivity contribution in [2.24, 2.45) is 0 Å². The van der Waals surface area contributed by atoms with E-state index in [4.69, 9.17) is 0 Å². The number of halogens is 1. The first-order valence-corrected chi connectivity index (χ1v) is 6.50. The van der Waals surface area contributed by atoms with Crippen LogP contribution < -0.4 is 0 Å². The molecule has 0 aliphatic carbocycles. The number of rotatable bonds is 6. The molecule has 0 amide bonds. The van der Waals surface area contributed by atoms with Gasteiger partial charge in [0.1, 0.15) is 0 Å². The molecular formula is C14H18BI. The lowest BCUT2D eigenvalue weighted by atomic mass is 9.61. The third-order valence-electron chi connectivity index (χ3n) is 2.01. The maximum atomic E-state index is 3.75. The molecule has 2 heteroatoms. The molecule has 0 aromatic carbocycles. The molecule has 0 atom stereocenters. The van der Waals surface area contributed by atoms with E-state index in [9.17, 15) is 0 Å². The first-order valence-electron chi connectivity index (χ1n) is 5.25. The minimum Gasteiger partial charge on any atom is -0.136 e. The minimum atomic E-state index is 0.341. The van der Waals surface area contributed by atoms with Gasteiger partial charge >= 0.3 is 0 Å². The van der Waals surface area contributed by atoms with Crippen LogP contribution in [0.3, 0.4) is 0 Å². The van der Waals surface area contributed by atoms with Gasteiger partial charge in [-0.05, 0) is 13.8 Å². The van der Waals surface area contributed by atoms with Gasteiger partial charge < -0.3 is 0 Å². The summed E-state index contributed by atoms with van der Waals surface area (Å²) in [6, 6.07) is 0. The zero-order valence-corrected chi connectivity index (χ0v) is 12.1. The smallest absolute Gasteiger partial charge is 0.136 e. The predicted octanol–water partition coefficient (Wildman–Crippen LogP) is 4.87. The molecule has 0 radical (unpaired) electrons. The molecular weight excluding hydrogens is 306 g/mol. The minimum absolute atomic E-state index is 0.341. The summed E-state index contributed by atoms with van der Waals surface area (Å²) in [5.41, 5.74) is 2.52. The summed E-state index contributed by atoms with van der Waals surface area (Å²) in [6.45, 7) is 11.5. The van der Waals surface area contributed by atoms with Crippen molar-refractivity contribution < 1.29 is 0 Å². The lowest BCUT2D eigenvalue weighted by Gasteiger charge is -2.08. The van der Waals surface area contributed by atoms with Gasteiger partial charge in [0, 0.05) is 0 Å². The van der Waals surface area contributed by atoms with E-state index in [1.807, 2.05) is 25.2 Å². The maximum absolute atomic E-state index is 3.75. The molecule has 84 valence electrons. The molecule has 16 heavy (non-hydrogen) atoms. The summed E-state index contributed by atoms with van der Waals surface area (Å²) in [5.74, 6) is 0. The van der Waals surface area contributed by atoms with Crippen LogP contribution in [0.1, 0.15) is 13.8 Å². The van der Waals surface area contributed by atoms with Crippen molar-refractivity contribution >= 4 is 26.9 Å². The van der Waals surface area contributed by atoms with E-state index in [1.54, 1.807) is 6.08 Å². The zero-order valence-electron chi connectivity index (χ0n) is 9.99. The summed E-state index contributed by atoms with van der Waals surface area (Å²) < 4.78 is 0.341. The second-order valence-corrected chi connectivity index (χ2v) is 4.39. The van der Waals surface area contributed by atoms with E-state index in [1.165, 1.54) is 10.9 Å². The molecule has 0 nitrogen and oxygen atoms in total. The molecule has 0 saturated heterocycles. The SMILES string of the molecule is C=C/C=C\C(=C/C=C)B(I)C(/C=C\C)=C/C. The van der Waals surface area contributed by atoms with Crippen molar-refractivity contribution in [3.63, 3.8) is 0 Å². The van der Waals surface area contributed by atoms with Gasteiger partial charge in [-0.3, -0.25) is 0 Å². The van der Waals surface area contributed by atoms with Crippen LogP contribution in [0.15, 0.2) is 72.7 Å². The van der Waals surface area contributed by atoms with Gasteiger partial charge in [-0.2, -0.15) is 0 Å². The van der Waals surface area contributed by atoms with Crippen LogP contribution in [0.5, 0.6) is 0 Å². The second kappa shape index (κ2) is 9.46. The van der Waals surface area contributed by atoms with Crippen molar-refractivity contribution in [1.82, 2.24) is 0 Å². The summed E-state index contributed by atoms with van der Waals surface area (Å²) >= 11 is 2.43. The Balaban J connectivity index is 5.07. The first kappa shape index (κ1) is 15.2. The lowest BCUT2D eigenvalue weighted by Crippen LogP contribution is -2.09. The van der Waals surface area contributed by atoms with Crippen LogP contribution >= 0.6 is 22.4 Å². The van der Waals surface area contributed by atoms with Crippen LogP contribution in [0, 0.1) is 0 Å². The molecule has 0 aliphatic heterocycles. The molecule has 0 aromatic heterocycles. The fraction of sp³-hybridized carbons (Fsp3) is 0.143. The topological polar surface area (TPSA) is 0 Å². The van der Waals surface area contributed by atoms with Gasteiger partial charge in [-0.25, -0.2) is 0 Å². The Morgan fingerprint density at radius 3 is 2.19 bits per heavy atom. The van der Waals surface area contributed by atoms with Crippen molar-refractivity contribution in [3.8, 4) is 0 Å². The van der Waals surface area contributed by atoms with Crippen LogP contribution in [0.4, 0.5) is 0 Å². The Morgan fingerprint density at radius 1 is 1.06 bits per heavy atom. The average molecular weight is 324 g/mol. The van der Waals surface area contributed by atoms with E-state index in [0.29, 0.717) is 4.57 Å². The predicted molar refractivity (Wildman–Crippen MR) is 86.0 cm³/mol. The molecule has 0 N–H and O–H groups in total. The highest BCUT2D eigenvalue weighted by molar-refractivity contribution is 14.1. The normalized spacial score (nSPS) is 13.4. The maximum Gasteiger partial charge on any atom is 0.282 e.